The summed E-state index contributed by atoms with van der Waals surface area (Å²) in [6.07, 6.45) is 9.20. The van der Waals surface area contributed by atoms with Gasteiger partial charge in [-0.3, -0.25) is 15.0 Å². The van der Waals surface area contributed by atoms with Gasteiger partial charge in [-0.1, -0.05) is 97.1 Å². The molecule has 200 valence electrons. The van der Waals surface area contributed by atoms with Crippen LogP contribution in [0.2, 0.25) is 0 Å². The number of ether oxygens (including phenoxy) is 1. The van der Waals surface area contributed by atoms with Gasteiger partial charge in [0, 0.05) is 41.9 Å². The largest absolute Gasteiger partial charge is 0.486 e. The van der Waals surface area contributed by atoms with Crippen LogP contribution in [0.5, 0.6) is 5.75 Å². The molecule has 0 atom stereocenters. The van der Waals surface area contributed by atoms with E-state index in [0.717, 1.165) is 66.7 Å². The molecule has 0 spiro atoms. The van der Waals surface area contributed by atoms with E-state index in [0.29, 0.717) is 6.61 Å². The highest BCUT2D eigenvalue weighted by atomic mass is 16.5. The molecule has 42 heavy (non-hydrogen) atoms. The van der Waals surface area contributed by atoms with E-state index in [4.69, 9.17) is 9.72 Å². The van der Waals surface area contributed by atoms with Crippen LogP contribution in [0, 0.1) is 0 Å². The van der Waals surface area contributed by atoms with Crippen LogP contribution in [0.4, 0.5) is 0 Å². The van der Waals surface area contributed by atoms with Crippen LogP contribution in [0.25, 0.3) is 55.4 Å². The Morgan fingerprint density at radius 3 is 1.64 bits per heavy atom. The van der Waals surface area contributed by atoms with E-state index in [1.54, 1.807) is 12.4 Å². The van der Waals surface area contributed by atoms with Gasteiger partial charge in [-0.25, -0.2) is 0 Å². The van der Waals surface area contributed by atoms with Crippen molar-refractivity contribution in [2.24, 2.45) is 0 Å². The van der Waals surface area contributed by atoms with E-state index in [2.05, 4.69) is 94.9 Å². The molecule has 3 aromatic heterocycles. The fourth-order valence-electron chi connectivity index (χ4n) is 5.30. The van der Waals surface area contributed by atoms with Crippen molar-refractivity contribution in [2.45, 2.75) is 6.61 Å². The molecule has 0 amide bonds. The van der Waals surface area contributed by atoms with Gasteiger partial charge in [-0.2, -0.15) is 0 Å². The Hall–Kier alpha value is -5.61. The second kappa shape index (κ2) is 11.5. The molecule has 3 heterocycles. The summed E-state index contributed by atoms with van der Waals surface area (Å²) in [7, 11) is 0. The number of hydrogen-bond acceptors (Lipinski definition) is 4. The Labute approximate surface area is 245 Å². The Balaban J connectivity index is 1.36. The fraction of sp³-hybridized carbons (Fsp3) is 0.0263. The van der Waals surface area contributed by atoms with Crippen LogP contribution >= 0.6 is 0 Å². The zero-order valence-electron chi connectivity index (χ0n) is 22.9. The summed E-state index contributed by atoms with van der Waals surface area (Å²) in [5.41, 5.74) is 10.6. The van der Waals surface area contributed by atoms with Crippen molar-refractivity contribution in [1.82, 2.24) is 15.0 Å². The standard InChI is InChI=1S/C38H27N3O/c1-2-7-27(8-3-1)26-42-38-36(31-18-14-29(15-19-31)33-10-5-21-40-25-33)23-35(34-11-6-22-41-37(34)38)30-16-12-28(13-17-30)32-9-4-20-39-24-32/h1-25H,26H2. The molecule has 0 fully saturated rings. The summed E-state index contributed by atoms with van der Waals surface area (Å²) in [4.78, 5) is 13.4. The van der Waals surface area contributed by atoms with Gasteiger partial charge in [-0.15, -0.1) is 0 Å². The van der Waals surface area contributed by atoms with E-state index in [1.807, 2.05) is 55.0 Å². The maximum absolute atomic E-state index is 6.59. The number of fused-ring (bicyclic) bond motifs is 1. The third-order valence-electron chi connectivity index (χ3n) is 7.45. The average molecular weight is 542 g/mol. The zero-order chi connectivity index (χ0) is 28.1. The van der Waals surface area contributed by atoms with Gasteiger partial charge in [0.1, 0.15) is 12.1 Å². The molecule has 0 saturated heterocycles. The summed E-state index contributed by atoms with van der Waals surface area (Å²) in [5.74, 6) is 0.777. The monoisotopic (exact) mass is 541 g/mol. The first kappa shape index (κ1) is 25.4. The van der Waals surface area contributed by atoms with Crippen LogP contribution in [0.3, 0.4) is 0 Å². The van der Waals surface area contributed by atoms with Crippen molar-refractivity contribution in [3.05, 3.63) is 158 Å². The van der Waals surface area contributed by atoms with Crippen LogP contribution in [0.15, 0.2) is 152 Å². The van der Waals surface area contributed by atoms with E-state index in [1.165, 1.54) is 0 Å². The van der Waals surface area contributed by atoms with E-state index in [-0.39, 0.29) is 0 Å². The molecule has 0 saturated carbocycles. The lowest BCUT2D eigenvalue weighted by Gasteiger charge is -2.18. The van der Waals surface area contributed by atoms with Gasteiger partial charge < -0.3 is 4.74 Å². The van der Waals surface area contributed by atoms with Gasteiger partial charge in [-0.05, 0) is 68.8 Å². The molecular weight excluding hydrogens is 514 g/mol. The van der Waals surface area contributed by atoms with E-state index >= 15 is 0 Å². The first-order valence-electron chi connectivity index (χ1n) is 13.9. The quantitative estimate of drug-likeness (QED) is 0.202. The molecule has 0 radical (unpaired) electrons. The minimum Gasteiger partial charge on any atom is -0.486 e. The minimum absolute atomic E-state index is 0.451. The molecule has 4 aromatic carbocycles. The third-order valence-corrected chi connectivity index (χ3v) is 7.45. The Morgan fingerprint density at radius 1 is 0.476 bits per heavy atom. The Morgan fingerprint density at radius 2 is 1.05 bits per heavy atom. The number of rotatable bonds is 7. The maximum Gasteiger partial charge on any atom is 0.153 e. The highest BCUT2D eigenvalue weighted by Crippen LogP contribution is 2.42. The number of nitrogens with zero attached hydrogens (tertiary/aromatic N) is 3. The molecule has 7 rings (SSSR count). The summed E-state index contributed by atoms with van der Waals surface area (Å²) < 4.78 is 6.59. The Kier molecular flexibility index (Phi) is 6.93. The SMILES string of the molecule is c1ccc(COc2c(-c3ccc(-c4cccnc4)cc3)cc(-c3ccc(-c4cccnc4)cc3)c3cccnc23)cc1. The first-order valence-corrected chi connectivity index (χ1v) is 13.9. The van der Waals surface area contributed by atoms with Crippen LogP contribution in [0.1, 0.15) is 5.56 Å². The number of pyridine rings is 3. The second-order valence-corrected chi connectivity index (χ2v) is 10.1. The van der Waals surface area contributed by atoms with Crippen molar-refractivity contribution in [3.63, 3.8) is 0 Å². The molecule has 0 aliphatic heterocycles. The maximum atomic E-state index is 6.59. The average Bonchev–Trinajstić information content (AvgIpc) is 3.08. The van der Waals surface area contributed by atoms with Crippen molar-refractivity contribution in [2.75, 3.05) is 0 Å². The number of hydrogen-bond donors (Lipinski definition) is 0. The lowest BCUT2D eigenvalue weighted by atomic mass is 9.92. The van der Waals surface area contributed by atoms with Crippen LogP contribution < -0.4 is 4.74 Å². The topological polar surface area (TPSA) is 47.9 Å². The van der Waals surface area contributed by atoms with Gasteiger partial charge in [0.2, 0.25) is 0 Å². The number of benzene rings is 4. The van der Waals surface area contributed by atoms with Crippen molar-refractivity contribution in [1.29, 1.82) is 0 Å². The third kappa shape index (κ3) is 5.14. The van der Waals surface area contributed by atoms with E-state index < -0.39 is 0 Å². The predicted molar refractivity (Wildman–Crippen MR) is 170 cm³/mol. The van der Waals surface area contributed by atoms with Crippen LogP contribution in [-0.4, -0.2) is 15.0 Å². The van der Waals surface area contributed by atoms with Gasteiger partial charge in [0.15, 0.2) is 5.75 Å². The molecular formula is C38H27N3O. The van der Waals surface area contributed by atoms with Crippen molar-refractivity contribution in [3.8, 4) is 50.3 Å². The highest BCUT2D eigenvalue weighted by molar-refractivity contribution is 6.03. The van der Waals surface area contributed by atoms with Crippen molar-refractivity contribution >= 4 is 10.9 Å². The molecule has 0 N–H and O–H groups in total. The van der Waals surface area contributed by atoms with Crippen LogP contribution in [-0.2, 0) is 6.61 Å². The molecule has 4 nitrogen and oxygen atoms in total. The fourth-order valence-corrected chi connectivity index (χ4v) is 5.30. The summed E-state index contributed by atoms with van der Waals surface area (Å²) in [6.45, 7) is 0.451. The molecule has 0 unspecified atom stereocenters. The summed E-state index contributed by atoms with van der Waals surface area (Å²) in [5, 5.41) is 1.05. The summed E-state index contributed by atoms with van der Waals surface area (Å²) in [6, 6.07) is 41.9. The van der Waals surface area contributed by atoms with Gasteiger partial charge in [0.05, 0.1) is 0 Å². The number of aromatic nitrogens is 3. The molecule has 0 aliphatic rings. The molecule has 7 aromatic rings. The highest BCUT2D eigenvalue weighted by Gasteiger charge is 2.18. The lowest BCUT2D eigenvalue weighted by Crippen LogP contribution is -2.00. The minimum atomic E-state index is 0.451. The smallest absolute Gasteiger partial charge is 0.153 e. The first-order chi connectivity index (χ1) is 20.8. The predicted octanol–water partition coefficient (Wildman–Crippen LogP) is 9.27. The summed E-state index contributed by atoms with van der Waals surface area (Å²) >= 11 is 0. The zero-order valence-corrected chi connectivity index (χ0v) is 22.9. The second-order valence-electron chi connectivity index (χ2n) is 10.1. The molecule has 4 heteroatoms. The Bertz CT molecular complexity index is 1940. The van der Waals surface area contributed by atoms with E-state index in [9.17, 15) is 0 Å². The van der Waals surface area contributed by atoms with Gasteiger partial charge in [0.25, 0.3) is 0 Å². The molecule has 0 bridgehead atoms. The van der Waals surface area contributed by atoms with Gasteiger partial charge >= 0.3 is 0 Å². The lowest BCUT2D eigenvalue weighted by molar-refractivity contribution is 0.310. The van der Waals surface area contributed by atoms with Crippen molar-refractivity contribution < 1.29 is 4.74 Å². The molecule has 0 aliphatic carbocycles. The normalized spacial score (nSPS) is 11.0.